The summed E-state index contributed by atoms with van der Waals surface area (Å²) in [6, 6.07) is 25.3. The number of nitrogens with one attached hydrogen (secondary N) is 2. The van der Waals surface area contributed by atoms with Crippen molar-refractivity contribution in [3.8, 4) is 22.8 Å². The number of hydrogen-bond acceptors (Lipinski definition) is 7. The van der Waals surface area contributed by atoms with Crippen molar-refractivity contribution in [3.63, 3.8) is 0 Å². The number of anilines is 3. The number of aryl methyl sites for hydroxylation is 1. The Balaban J connectivity index is 1.29. The summed E-state index contributed by atoms with van der Waals surface area (Å²) < 4.78 is 33.9. The quantitative estimate of drug-likeness (QED) is 0.230. The van der Waals surface area contributed by atoms with Gasteiger partial charge in [0.1, 0.15) is 5.82 Å². The Morgan fingerprint density at radius 1 is 0.846 bits per heavy atom. The molecular formula is C30H29N5O3S. The molecule has 198 valence electrons. The second kappa shape index (κ2) is 10.3. The first-order valence-corrected chi connectivity index (χ1v) is 13.9. The molecule has 0 bridgehead atoms. The minimum absolute atomic E-state index is 0.0575. The molecule has 8 nitrogen and oxygen atoms in total. The van der Waals surface area contributed by atoms with Crippen molar-refractivity contribution in [2.75, 3.05) is 10.0 Å². The Morgan fingerprint density at radius 2 is 1.56 bits per heavy atom. The van der Waals surface area contributed by atoms with Crippen molar-refractivity contribution in [2.24, 2.45) is 0 Å². The summed E-state index contributed by atoms with van der Waals surface area (Å²) in [6.07, 6.45) is 1.68. The number of sulfonamides is 1. The largest absolute Gasteiger partial charge is 0.340 e. The van der Waals surface area contributed by atoms with Gasteiger partial charge in [-0.3, -0.25) is 4.72 Å². The molecule has 5 aromatic rings. The highest BCUT2D eigenvalue weighted by molar-refractivity contribution is 7.92. The lowest BCUT2D eigenvalue weighted by atomic mass is 9.87. The van der Waals surface area contributed by atoms with Crippen LogP contribution in [0.1, 0.15) is 31.9 Å². The van der Waals surface area contributed by atoms with Crippen LogP contribution in [0.4, 0.5) is 17.2 Å². The molecule has 0 spiro atoms. The van der Waals surface area contributed by atoms with Gasteiger partial charge in [0.05, 0.1) is 4.90 Å². The number of rotatable bonds is 7. The number of nitrogens with zero attached hydrogens (tertiary/aromatic N) is 3. The lowest BCUT2D eigenvalue weighted by molar-refractivity contribution is 0.432. The molecule has 2 heterocycles. The molecule has 39 heavy (non-hydrogen) atoms. The fourth-order valence-electron chi connectivity index (χ4n) is 3.98. The molecule has 9 heteroatoms. The molecule has 3 aromatic carbocycles. The maximum atomic E-state index is 12.9. The van der Waals surface area contributed by atoms with Crippen LogP contribution in [-0.2, 0) is 15.4 Å². The van der Waals surface area contributed by atoms with Crippen LogP contribution in [0.25, 0.3) is 22.8 Å². The van der Waals surface area contributed by atoms with Gasteiger partial charge in [0.2, 0.25) is 5.82 Å². The maximum Gasteiger partial charge on any atom is 0.261 e. The van der Waals surface area contributed by atoms with Gasteiger partial charge in [0.25, 0.3) is 15.9 Å². The minimum atomic E-state index is -3.73. The summed E-state index contributed by atoms with van der Waals surface area (Å²) in [5.74, 6) is 1.41. The summed E-state index contributed by atoms with van der Waals surface area (Å²) in [5, 5.41) is 7.43. The monoisotopic (exact) mass is 539 g/mol. The van der Waals surface area contributed by atoms with Gasteiger partial charge in [-0.1, -0.05) is 56.3 Å². The summed E-state index contributed by atoms with van der Waals surface area (Å²) >= 11 is 0. The molecule has 0 unspecified atom stereocenters. The normalized spacial score (nSPS) is 11.8. The number of aromatic nitrogens is 3. The summed E-state index contributed by atoms with van der Waals surface area (Å²) in [7, 11) is -3.73. The van der Waals surface area contributed by atoms with E-state index in [-0.39, 0.29) is 10.3 Å². The third-order valence-electron chi connectivity index (χ3n) is 6.27. The third-order valence-corrected chi connectivity index (χ3v) is 7.66. The second-order valence-corrected chi connectivity index (χ2v) is 11.9. The van der Waals surface area contributed by atoms with Gasteiger partial charge in [-0.25, -0.2) is 13.4 Å². The van der Waals surface area contributed by atoms with E-state index in [1.54, 1.807) is 42.6 Å². The van der Waals surface area contributed by atoms with Crippen LogP contribution in [0.15, 0.2) is 101 Å². The fourth-order valence-corrected chi connectivity index (χ4v) is 5.03. The highest BCUT2D eigenvalue weighted by Crippen LogP contribution is 2.27. The molecule has 0 fully saturated rings. The molecule has 0 aliphatic carbocycles. The smallest absolute Gasteiger partial charge is 0.261 e. The lowest BCUT2D eigenvalue weighted by Crippen LogP contribution is -2.14. The molecular weight excluding hydrogens is 510 g/mol. The maximum absolute atomic E-state index is 12.9. The number of hydrogen-bond donors (Lipinski definition) is 2. The highest BCUT2D eigenvalue weighted by atomic mass is 32.2. The number of pyridine rings is 1. The van der Waals surface area contributed by atoms with Crippen molar-refractivity contribution in [3.05, 3.63) is 102 Å². The Bertz CT molecular complexity index is 1710. The first-order chi connectivity index (χ1) is 18.6. The first kappa shape index (κ1) is 26.1. The topological polar surface area (TPSA) is 110 Å². The fraction of sp³-hybridized carbons (Fsp3) is 0.167. The van der Waals surface area contributed by atoms with Gasteiger partial charge >= 0.3 is 0 Å². The standard InChI is InChI=1S/C30H29N5O3S/c1-20-7-5-6-8-26(20)32-27-19-22(17-18-31-27)28-33-29(38-34-28)21-9-13-24(14-10-21)35-39(36,37)25-15-11-23(12-16-25)30(2,3)4/h5-19,35H,1-4H3,(H,31,32). The van der Waals surface area contributed by atoms with Crippen LogP contribution in [0.3, 0.4) is 0 Å². The van der Waals surface area contributed by atoms with Gasteiger partial charge in [-0.05, 0) is 78.1 Å². The van der Waals surface area contributed by atoms with Crippen LogP contribution in [-0.4, -0.2) is 23.5 Å². The predicted molar refractivity (Wildman–Crippen MR) is 153 cm³/mol. The van der Waals surface area contributed by atoms with Gasteiger partial charge < -0.3 is 9.84 Å². The average Bonchev–Trinajstić information content (AvgIpc) is 3.41. The zero-order valence-electron chi connectivity index (χ0n) is 22.1. The highest BCUT2D eigenvalue weighted by Gasteiger charge is 2.18. The Kier molecular flexibility index (Phi) is 6.93. The number of benzene rings is 3. The molecule has 0 saturated heterocycles. The molecule has 0 aliphatic rings. The predicted octanol–water partition coefficient (Wildman–Crippen LogP) is 6.95. The Morgan fingerprint density at radius 3 is 2.26 bits per heavy atom. The van der Waals surface area contributed by atoms with Gasteiger partial charge in [-0.2, -0.15) is 4.98 Å². The Hall–Kier alpha value is -4.50. The zero-order chi connectivity index (χ0) is 27.6. The van der Waals surface area contributed by atoms with Crippen LogP contribution in [0, 0.1) is 6.92 Å². The van der Waals surface area contributed by atoms with E-state index >= 15 is 0 Å². The van der Waals surface area contributed by atoms with E-state index in [1.807, 2.05) is 55.5 Å². The van der Waals surface area contributed by atoms with Crippen molar-refractivity contribution in [2.45, 2.75) is 38.0 Å². The van der Waals surface area contributed by atoms with E-state index in [2.05, 4.69) is 45.9 Å². The molecule has 0 atom stereocenters. The molecule has 0 amide bonds. The molecule has 0 radical (unpaired) electrons. The molecule has 0 saturated carbocycles. The van der Waals surface area contributed by atoms with Crippen LogP contribution < -0.4 is 10.0 Å². The summed E-state index contributed by atoms with van der Waals surface area (Å²) in [4.78, 5) is 9.12. The molecule has 5 rings (SSSR count). The Labute approximate surface area is 228 Å². The van der Waals surface area contributed by atoms with E-state index in [9.17, 15) is 8.42 Å². The SMILES string of the molecule is Cc1ccccc1Nc1cc(-c2noc(-c3ccc(NS(=O)(=O)c4ccc(C(C)(C)C)cc4)cc3)n2)ccn1. The van der Waals surface area contributed by atoms with Crippen LogP contribution in [0.2, 0.25) is 0 Å². The van der Waals surface area contributed by atoms with E-state index in [1.165, 1.54) is 0 Å². The van der Waals surface area contributed by atoms with Gasteiger partial charge in [0.15, 0.2) is 0 Å². The average molecular weight is 540 g/mol. The van der Waals surface area contributed by atoms with Crippen molar-refractivity contribution in [1.82, 2.24) is 15.1 Å². The molecule has 2 aromatic heterocycles. The van der Waals surface area contributed by atoms with Crippen molar-refractivity contribution >= 4 is 27.2 Å². The van der Waals surface area contributed by atoms with Gasteiger partial charge in [0, 0.05) is 28.7 Å². The lowest BCUT2D eigenvalue weighted by Gasteiger charge is -2.19. The minimum Gasteiger partial charge on any atom is -0.340 e. The van der Waals surface area contributed by atoms with Crippen molar-refractivity contribution in [1.29, 1.82) is 0 Å². The van der Waals surface area contributed by atoms with E-state index < -0.39 is 10.0 Å². The van der Waals surface area contributed by atoms with Crippen LogP contribution in [0.5, 0.6) is 0 Å². The van der Waals surface area contributed by atoms with Gasteiger partial charge in [-0.15, -0.1) is 0 Å². The summed E-state index contributed by atoms with van der Waals surface area (Å²) in [6.45, 7) is 8.28. The zero-order valence-corrected chi connectivity index (χ0v) is 23.0. The first-order valence-electron chi connectivity index (χ1n) is 12.5. The molecule has 2 N–H and O–H groups in total. The third kappa shape index (κ3) is 5.99. The van der Waals surface area contributed by atoms with E-state index in [4.69, 9.17) is 4.52 Å². The van der Waals surface area contributed by atoms with E-state index in [0.717, 1.165) is 22.4 Å². The molecule has 0 aliphatic heterocycles. The van der Waals surface area contributed by atoms with Crippen LogP contribution >= 0.6 is 0 Å². The second-order valence-electron chi connectivity index (χ2n) is 10.3. The van der Waals surface area contributed by atoms with E-state index in [0.29, 0.717) is 28.8 Å². The summed E-state index contributed by atoms with van der Waals surface area (Å²) in [5.41, 5.74) is 4.92. The van der Waals surface area contributed by atoms with Crippen molar-refractivity contribution < 1.29 is 12.9 Å². The number of para-hydroxylation sites is 1.